The highest BCUT2D eigenvalue weighted by Crippen LogP contribution is 2.20. The van der Waals surface area contributed by atoms with Crippen molar-refractivity contribution in [3.05, 3.63) is 35.4 Å². The van der Waals surface area contributed by atoms with Gasteiger partial charge >= 0.3 is 5.97 Å². The number of carbonyl (C=O) groups is 2. The Kier molecular flexibility index (Phi) is 4.89. The molecule has 0 aliphatic carbocycles. The van der Waals surface area contributed by atoms with E-state index in [9.17, 15) is 9.59 Å². The van der Waals surface area contributed by atoms with Gasteiger partial charge in [-0.25, -0.2) is 0 Å². The van der Waals surface area contributed by atoms with E-state index < -0.39 is 12.0 Å². The Balaban J connectivity index is 2.90. The van der Waals surface area contributed by atoms with Crippen LogP contribution in [0.15, 0.2) is 24.3 Å². The van der Waals surface area contributed by atoms with Crippen LogP contribution in [0.25, 0.3) is 0 Å². The first-order chi connectivity index (χ1) is 8.40. The van der Waals surface area contributed by atoms with Crippen molar-refractivity contribution in [3.8, 4) is 0 Å². The van der Waals surface area contributed by atoms with Gasteiger partial charge in [0, 0.05) is 6.92 Å². The summed E-state index contributed by atoms with van der Waals surface area (Å²) in [5.41, 5.74) is 2.01. The Morgan fingerprint density at radius 3 is 2.06 bits per heavy atom. The molecule has 98 valence electrons. The first-order valence-electron chi connectivity index (χ1n) is 5.99. The first kappa shape index (κ1) is 14.2. The van der Waals surface area contributed by atoms with Crippen LogP contribution in [0, 0.1) is 0 Å². The van der Waals surface area contributed by atoms with Crippen LogP contribution in [0.3, 0.4) is 0 Å². The van der Waals surface area contributed by atoms with E-state index in [0.29, 0.717) is 5.92 Å². The van der Waals surface area contributed by atoms with E-state index in [1.54, 1.807) is 0 Å². The lowest BCUT2D eigenvalue weighted by Gasteiger charge is -2.17. The zero-order chi connectivity index (χ0) is 13.7. The van der Waals surface area contributed by atoms with Crippen LogP contribution in [0.2, 0.25) is 0 Å². The Morgan fingerprint density at radius 1 is 1.17 bits per heavy atom. The molecule has 1 aromatic rings. The number of nitrogens with one attached hydrogen (secondary N) is 1. The summed E-state index contributed by atoms with van der Waals surface area (Å²) in [5, 5.41) is 11.5. The van der Waals surface area contributed by atoms with Gasteiger partial charge in [0.05, 0.1) is 12.5 Å². The van der Waals surface area contributed by atoms with Crippen molar-refractivity contribution >= 4 is 11.9 Å². The third kappa shape index (κ3) is 4.20. The fraction of sp³-hybridized carbons (Fsp3) is 0.429. The molecule has 0 bridgehead atoms. The van der Waals surface area contributed by atoms with Gasteiger partial charge in [0.2, 0.25) is 5.91 Å². The van der Waals surface area contributed by atoms with Crippen LogP contribution >= 0.6 is 0 Å². The molecule has 0 radical (unpaired) electrons. The summed E-state index contributed by atoms with van der Waals surface area (Å²) in [6.07, 6.45) is -0.111. The fourth-order valence-corrected chi connectivity index (χ4v) is 1.79. The predicted octanol–water partition coefficient (Wildman–Crippen LogP) is 2.46. The van der Waals surface area contributed by atoms with Crippen molar-refractivity contribution in [2.45, 2.75) is 39.2 Å². The van der Waals surface area contributed by atoms with Gasteiger partial charge in [0.15, 0.2) is 0 Å². The second-order valence-electron chi connectivity index (χ2n) is 4.67. The molecule has 0 fully saturated rings. The molecule has 0 spiro atoms. The number of benzene rings is 1. The van der Waals surface area contributed by atoms with Crippen molar-refractivity contribution in [1.82, 2.24) is 5.32 Å². The van der Waals surface area contributed by atoms with Crippen molar-refractivity contribution in [1.29, 1.82) is 0 Å². The average Bonchev–Trinajstić information content (AvgIpc) is 2.27. The van der Waals surface area contributed by atoms with Gasteiger partial charge in [-0.2, -0.15) is 0 Å². The fourth-order valence-electron chi connectivity index (χ4n) is 1.79. The first-order valence-corrected chi connectivity index (χ1v) is 5.99. The van der Waals surface area contributed by atoms with E-state index >= 15 is 0 Å². The largest absolute Gasteiger partial charge is 0.481 e. The third-order valence-electron chi connectivity index (χ3n) is 2.76. The molecule has 0 aliphatic heterocycles. The molecule has 0 unspecified atom stereocenters. The zero-order valence-electron chi connectivity index (χ0n) is 10.9. The average molecular weight is 249 g/mol. The van der Waals surface area contributed by atoms with Crippen LogP contribution in [0.4, 0.5) is 0 Å². The Hall–Kier alpha value is -1.84. The third-order valence-corrected chi connectivity index (χ3v) is 2.76. The Bertz CT molecular complexity index is 407. The quantitative estimate of drug-likeness (QED) is 0.842. The molecule has 0 saturated heterocycles. The summed E-state index contributed by atoms with van der Waals surface area (Å²) in [7, 11) is 0. The highest BCUT2D eigenvalue weighted by atomic mass is 16.4. The monoisotopic (exact) mass is 249 g/mol. The van der Waals surface area contributed by atoms with E-state index in [1.807, 2.05) is 24.3 Å². The van der Waals surface area contributed by atoms with Crippen LogP contribution in [-0.2, 0) is 9.59 Å². The summed E-state index contributed by atoms with van der Waals surface area (Å²) in [4.78, 5) is 21.9. The number of amides is 1. The molecule has 18 heavy (non-hydrogen) atoms. The van der Waals surface area contributed by atoms with Crippen molar-refractivity contribution in [3.63, 3.8) is 0 Å². The molecular formula is C14H19NO3. The molecule has 0 heterocycles. The molecule has 0 saturated carbocycles. The molecule has 0 aliphatic rings. The number of hydrogen-bond donors (Lipinski definition) is 2. The number of hydrogen-bond acceptors (Lipinski definition) is 2. The lowest BCUT2D eigenvalue weighted by molar-refractivity contribution is -0.137. The minimum absolute atomic E-state index is 0.111. The summed E-state index contributed by atoms with van der Waals surface area (Å²) in [5.74, 6) is -0.728. The van der Waals surface area contributed by atoms with Gasteiger partial charge in [-0.05, 0) is 17.0 Å². The maximum atomic E-state index is 11.1. The smallest absolute Gasteiger partial charge is 0.305 e. The highest BCUT2D eigenvalue weighted by molar-refractivity contribution is 5.75. The van der Waals surface area contributed by atoms with Gasteiger partial charge in [-0.3, -0.25) is 9.59 Å². The van der Waals surface area contributed by atoms with Crippen molar-refractivity contribution in [2.24, 2.45) is 0 Å². The van der Waals surface area contributed by atoms with Gasteiger partial charge in [-0.15, -0.1) is 0 Å². The molecule has 4 heteroatoms. The normalized spacial score (nSPS) is 12.2. The maximum absolute atomic E-state index is 11.1. The molecule has 1 rings (SSSR count). The van der Waals surface area contributed by atoms with Crippen LogP contribution in [0.5, 0.6) is 0 Å². The van der Waals surface area contributed by atoms with Crippen molar-refractivity contribution in [2.75, 3.05) is 0 Å². The second kappa shape index (κ2) is 6.19. The van der Waals surface area contributed by atoms with E-state index in [1.165, 1.54) is 12.5 Å². The second-order valence-corrected chi connectivity index (χ2v) is 4.67. The SMILES string of the molecule is CC(=O)N[C@H](CC(=O)O)c1ccc(C(C)C)cc1. The van der Waals surface area contributed by atoms with Crippen LogP contribution in [-0.4, -0.2) is 17.0 Å². The van der Waals surface area contributed by atoms with Crippen molar-refractivity contribution < 1.29 is 14.7 Å². The summed E-state index contributed by atoms with van der Waals surface area (Å²) in [6, 6.07) is 7.21. The van der Waals surface area contributed by atoms with Gasteiger partial charge in [0.1, 0.15) is 0 Å². The van der Waals surface area contributed by atoms with E-state index in [2.05, 4.69) is 19.2 Å². The van der Waals surface area contributed by atoms with E-state index in [0.717, 1.165) is 5.56 Å². The summed E-state index contributed by atoms with van der Waals surface area (Å²) >= 11 is 0. The van der Waals surface area contributed by atoms with Crippen LogP contribution in [0.1, 0.15) is 50.3 Å². The minimum atomic E-state index is -0.929. The topological polar surface area (TPSA) is 66.4 Å². The summed E-state index contributed by atoms with van der Waals surface area (Å²) in [6.45, 7) is 5.58. The lowest BCUT2D eigenvalue weighted by Crippen LogP contribution is -2.27. The van der Waals surface area contributed by atoms with Gasteiger partial charge < -0.3 is 10.4 Å². The maximum Gasteiger partial charge on any atom is 0.305 e. The molecule has 4 nitrogen and oxygen atoms in total. The molecule has 1 aromatic carbocycles. The van der Waals surface area contributed by atoms with Crippen LogP contribution < -0.4 is 5.32 Å². The number of carboxylic acids is 1. The summed E-state index contributed by atoms with van der Waals surface area (Å²) < 4.78 is 0. The predicted molar refractivity (Wildman–Crippen MR) is 69.3 cm³/mol. The van der Waals surface area contributed by atoms with E-state index in [4.69, 9.17) is 5.11 Å². The minimum Gasteiger partial charge on any atom is -0.481 e. The Labute approximate surface area is 107 Å². The number of carboxylic acid groups (broad SMARTS) is 1. The standard InChI is InChI=1S/C14H19NO3/c1-9(2)11-4-6-12(7-5-11)13(8-14(17)18)15-10(3)16/h4-7,9,13H,8H2,1-3H3,(H,15,16)(H,17,18)/t13-/m1/s1. The molecular weight excluding hydrogens is 230 g/mol. The molecule has 1 amide bonds. The molecule has 0 aromatic heterocycles. The zero-order valence-corrected chi connectivity index (χ0v) is 10.9. The number of aliphatic carboxylic acids is 1. The Morgan fingerprint density at radius 2 is 1.67 bits per heavy atom. The highest BCUT2D eigenvalue weighted by Gasteiger charge is 2.16. The molecule has 1 atom stereocenters. The number of rotatable bonds is 5. The van der Waals surface area contributed by atoms with Gasteiger partial charge in [-0.1, -0.05) is 38.1 Å². The lowest BCUT2D eigenvalue weighted by atomic mass is 9.98. The van der Waals surface area contributed by atoms with Gasteiger partial charge in [0.25, 0.3) is 0 Å². The van der Waals surface area contributed by atoms with E-state index in [-0.39, 0.29) is 12.3 Å². The molecule has 2 N–H and O–H groups in total. The number of carbonyl (C=O) groups excluding carboxylic acids is 1.